The van der Waals surface area contributed by atoms with Gasteiger partial charge in [-0.25, -0.2) is 13.2 Å². The third-order valence-electron chi connectivity index (χ3n) is 3.92. The van der Waals surface area contributed by atoms with Crippen molar-refractivity contribution in [3.05, 3.63) is 48.0 Å². The molecule has 0 atom stereocenters. The quantitative estimate of drug-likeness (QED) is 0.876. The largest absolute Gasteiger partial charge is 0.497 e. The number of carbonyl (C=O) groups excluding carboxylic acids is 1. The van der Waals surface area contributed by atoms with Crippen LogP contribution < -0.4 is 19.7 Å². The Morgan fingerprint density at radius 1 is 1.12 bits per heavy atom. The van der Waals surface area contributed by atoms with E-state index in [1.165, 1.54) is 10.6 Å². The summed E-state index contributed by atoms with van der Waals surface area (Å²) in [6, 6.07) is 11.9. The molecule has 8 heteroatoms. The number of nitrogens with one attached hydrogen (secondary N) is 2. The van der Waals surface area contributed by atoms with Crippen molar-refractivity contribution in [1.29, 1.82) is 0 Å². The Hall–Kier alpha value is -2.74. The molecule has 1 heterocycles. The Morgan fingerprint density at radius 2 is 1.84 bits per heavy atom. The van der Waals surface area contributed by atoms with Gasteiger partial charge in [-0.1, -0.05) is 6.07 Å². The number of nitrogens with zero attached hydrogens (tertiary/aromatic N) is 1. The molecule has 25 heavy (non-hydrogen) atoms. The number of urea groups is 1. The Kier molecular flexibility index (Phi) is 4.54. The van der Waals surface area contributed by atoms with E-state index >= 15 is 0 Å². The number of sulfonamides is 1. The average molecular weight is 361 g/mol. The fourth-order valence-electron chi connectivity index (χ4n) is 2.79. The highest BCUT2D eigenvalue weighted by Crippen LogP contribution is 2.32. The van der Waals surface area contributed by atoms with E-state index in [2.05, 4.69) is 10.6 Å². The molecule has 0 bridgehead atoms. The number of carbonyl (C=O) groups is 1. The predicted octanol–water partition coefficient (Wildman–Crippen LogP) is 2.66. The molecule has 132 valence electrons. The van der Waals surface area contributed by atoms with Crippen LogP contribution >= 0.6 is 0 Å². The van der Waals surface area contributed by atoms with E-state index in [0.717, 1.165) is 5.56 Å². The Balaban J connectivity index is 1.70. The van der Waals surface area contributed by atoms with E-state index in [0.29, 0.717) is 35.8 Å². The number of benzene rings is 2. The first kappa shape index (κ1) is 17.1. The molecule has 0 unspecified atom stereocenters. The minimum absolute atomic E-state index is 0.383. The molecular weight excluding hydrogens is 342 g/mol. The summed E-state index contributed by atoms with van der Waals surface area (Å²) in [6.07, 6.45) is 1.81. The third-order valence-corrected chi connectivity index (χ3v) is 5.10. The summed E-state index contributed by atoms with van der Waals surface area (Å²) in [5.74, 6) is 0.649. The molecule has 0 saturated carbocycles. The molecule has 7 nitrogen and oxygen atoms in total. The molecule has 2 amide bonds. The monoisotopic (exact) mass is 361 g/mol. The van der Waals surface area contributed by atoms with Gasteiger partial charge >= 0.3 is 6.03 Å². The maximum Gasteiger partial charge on any atom is 0.323 e. The number of hydrogen-bond donors (Lipinski definition) is 2. The fraction of sp³-hybridized carbons (Fsp3) is 0.235. The second-order valence-corrected chi connectivity index (χ2v) is 7.65. The lowest BCUT2D eigenvalue weighted by atomic mass is 10.1. The van der Waals surface area contributed by atoms with Crippen molar-refractivity contribution in [2.75, 3.05) is 34.8 Å². The van der Waals surface area contributed by atoms with E-state index in [9.17, 15) is 13.2 Å². The van der Waals surface area contributed by atoms with E-state index < -0.39 is 10.0 Å². The van der Waals surface area contributed by atoms with Crippen molar-refractivity contribution < 1.29 is 17.9 Å². The van der Waals surface area contributed by atoms with Crippen LogP contribution in [-0.2, 0) is 16.4 Å². The molecule has 3 rings (SSSR count). The van der Waals surface area contributed by atoms with E-state index in [4.69, 9.17) is 4.74 Å². The first-order chi connectivity index (χ1) is 11.9. The number of anilines is 3. The molecule has 0 radical (unpaired) electrons. The van der Waals surface area contributed by atoms with Crippen molar-refractivity contribution in [1.82, 2.24) is 0 Å². The van der Waals surface area contributed by atoms with Gasteiger partial charge in [-0.2, -0.15) is 0 Å². The molecule has 0 fully saturated rings. The van der Waals surface area contributed by atoms with Gasteiger partial charge in [0.25, 0.3) is 0 Å². The van der Waals surface area contributed by atoms with Crippen LogP contribution in [0.4, 0.5) is 21.9 Å². The maximum absolute atomic E-state index is 12.1. The summed E-state index contributed by atoms with van der Waals surface area (Å²) >= 11 is 0. The second kappa shape index (κ2) is 6.64. The average Bonchev–Trinajstić information content (AvgIpc) is 2.98. The molecule has 2 aromatic rings. The molecule has 2 N–H and O–H groups in total. The van der Waals surface area contributed by atoms with Gasteiger partial charge in [0.2, 0.25) is 10.0 Å². The van der Waals surface area contributed by atoms with E-state index in [-0.39, 0.29) is 6.03 Å². The molecule has 1 aliphatic rings. The van der Waals surface area contributed by atoms with Crippen molar-refractivity contribution >= 4 is 33.1 Å². The van der Waals surface area contributed by atoms with Crippen LogP contribution in [0.1, 0.15) is 5.56 Å². The predicted molar refractivity (Wildman–Crippen MR) is 98.0 cm³/mol. The molecule has 0 spiro atoms. The summed E-state index contributed by atoms with van der Waals surface area (Å²) in [5, 5.41) is 5.48. The van der Waals surface area contributed by atoms with Crippen LogP contribution in [0, 0.1) is 0 Å². The smallest absolute Gasteiger partial charge is 0.323 e. The first-order valence-electron chi connectivity index (χ1n) is 7.69. The normalized spacial score (nSPS) is 13.3. The van der Waals surface area contributed by atoms with Crippen LogP contribution in [0.5, 0.6) is 5.75 Å². The number of methoxy groups -OCH3 is 1. The lowest BCUT2D eigenvalue weighted by Crippen LogP contribution is -2.27. The summed E-state index contributed by atoms with van der Waals surface area (Å²) in [6.45, 7) is 0.424. The number of rotatable bonds is 4. The van der Waals surface area contributed by atoms with Gasteiger partial charge in [0.05, 0.1) is 19.1 Å². The maximum atomic E-state index is 12.1. The van der Waals surface area contributed by atoms with Crippen LogP contribution in [0.2, 0.25) is 0 Å². The highest BCUT2D eigenvalue weighted by atomic mass is 32.2. The summed E-state index contributed by atoms with van der Waals surface area (Å²) < 4.78 is 30.0. The van der Waals surface area contributed by atoms with Crippen LogP contribution in [0.3, 0.4) is 0 Å². The van der Waals surface area contributed by atoms with Gasteiger partial charge in [-0.05, 0) is 42.3 Å². The van der Waals surface area contributed by atoms with E-state index in [1.54, 1.807) is 49.6 Å². The highest BCUT2D eigenvalue weighted by Gasteiger charge is 2.26. The SMILES string of the molecule is COc1cccc(NC(=O)Nc2ccc3c(c2)CCN3S(C)(=O)=O)c1. The molecule has 1 aliphatic heterocycles. The lowest BCUT2D eigenvalue weighted by Gasteiger charge is -2.16. The zero-order valence-corrected chi connectivity index (χ0v) is 14.8. The van der Waals surface area contributed by atoms with Gasteiger partial charge in [-0.15, -0.1) is 0 Å². The zero-order valence-electron chi connectivity index (χ0n) is 13.9. The van der Waals surface area contributed by atoms with Crippen molar-refractivity contribution in [3.8, 4) is 5.75 Å². The molecule has 0 saturated heterocycles. The topological polar surface area (TPSA) is 87.7 Å². The molecule has 2 aromatic carbocycles. The summed E-state index contributed by atoms with van der Waals surface area (Å²) in [5.41, 5.74) is 2.78. The molecule has 0 aliphatic carbocycles. The minimum Gasteiger partial charge on any atom is -0.497 e. The summed E-state index contributed by atoms with van der Waals surface area (Å²) in [7, 11) is -1.72. The Labute approximate surface area is 146 Å². The van der Waals surface area contributed by atoms with Crippen LogP contribution in [0.15, 0.2) is 42.5 Å². The van der Waals surface area contributed by atoms with Gasteiger partial charge in [0.15, 0.2) is 0 Å². The van der Waals surface area contributed by atoms with Gasteiger partial charge in [0, 0.05) is 24.0 Å². The zero-order chi connectivity index (χ0) is 18.0. The van der Waals surface area contributed by atoms with Crippen LogP contribution in [-0.4, -0.2) is 34.4 Å². The second-order valence-electron chi connectivity index (χ2n) is 5.74. The van der Waals surface area contributed by atoms with Crippen molar-refractivity contribution in [2.45, 2.75) is 6.42 Å². The van der Waals surface area contributed by atoms with Gasteiger partial charge in [-0.3, -0.25) is 4.31 Å². The highest BCUT2D eigenvalue weighted by molar-refractivity contribution is 7.92. The molecule has 0 aromatic heterocycles. The number of fused-ring (bicyclic) bond motifs is 1. The standard InChI is InChI=1S/C17H19N3O4S/c1-24-15-5-3-4-13(11-15)18-17(21)19-14-6-7-16-12(10-14)8-9-20(16)25(2,22)23/h3-7,10-11H,8-9H2,1-2H3,(H2,18,19,21). The van der Waals surface area contributed by atoms with Gasteiger partial charge in [0.1, 0.15) is 5.75 Å². The minimum atomic E-state index is -3.28. The van der Waals surface area contributed by atoms with Crippen LogP contribution in [0.25, 0.3) is 0 Å². The first-order valence-corrected chi connectivity index (χ1v) is 9.54. The number of ether oxygens (including phenoxy) is 1. The fourth-order valence-corrected chi connectivity index (χ4v) is 3.75. The van der Waals surface area contributed by atoms with Crippen molar-refractivity contribution in [2.24, 2.45) is 0 Å². The molecular formula is C17H19N3O4S. The van der Waals surface area contributed by atoms with Crippen molar-refractivity contribution in [3.63, 3.8) is 0 Å². The lowest BCUT2D eigenvalue weighted by molar-refractivity contribution is 0.262. The van der Waals surface area contributed by atoms with E-state index in [1.807, 2.05) is 0 Å². The number of hydrogen-bond acceptors (Lipinski definition) is 4. The Morgan fingerprint density at radius 3 is 2.52 bits per heavy atom. The van der Waals surface area contributed by atoms with Gasteiger partial charge < -0.3 is 15.4 Å². The summed E-state index contributed by atoms with van der Waals surface area (Å²) in [4.78, 5) is 12.1. The number of amides is 2. The Bertz CT molecular complexity index is 912. The third kappa shape index (κ3) is 3.85.